The molecule has 0 aliphatic carbocycles. The molecule has 0 rings (SSSR count). The molecule has 0 spiro atoms. The molecule has 0 aromatic rings. The van der Waals surface area contributed by atoms with Crippen molar-refractivity contribution in [2.24, 2.45) is 0 Å². The van der Waals surface area contributed by atoms with Crippen LogP contribution >= 0.6 is 0 Å². The molecule has 1 radical (unpaired) electrons. The van der Waals surface area contributed by atoms with E-state index in [1.807, 2.05) is 0 Å². The van der Waals surface area contributed by atoms with Gasteiger partial charge in [0, 0.05) is 0 Å². The maximum Gasteiger partial charge on any atom is 3.00 e. The molecular formula is CeO2Pr+2. The first-order chi connectivity index (χ1) is 0. The van der Waals surface area contributed by atoms with Crippen LogP contribution < -0.4 is 0 Å². The summed E-state index contributed by atoms with van der Waals surface area (Å²) in [6.07, 6.45) is 0. The van der Waals surface area contributed by atoms with Gasteiger partial charge in [-0.3, -0.25) is 0 Å². The molecule has 0 saturated heterocycles. The topological polar surface area (TPSA) is 57.0 Å². The molecular weight excluding hydrogens is 313 g/mol. The predicted molar refractivity (Wildman–Crippen MR) is 1.37 cm³/mol. The molecule has 0 saturated carbocycles. The summed E-state index contributed by atoms with van der Waals surface area (Å²) in [6, 6.07) is 0. The Kier molecular flexibility index (Phi) is 131. The van der Waals surface area contributed by atoms with E-state index in [1.165, 1.54) is 0 Å². The Bertz CT molecular complexity index is 6.00. The van der Waals surface area contributed by atoms with Gasteiger partial charge in [0.1, 0.15) is 0 Å². The van der Waals surface area contributed by atoms with E-state index in [-0.39, 0.29) is 94.0 Å². The van der Waals surface area contributed by atoms with E-state index in [0.29, 0.717) is 0 Å². The van der Waals surface area contributed by atoms with Crippen LogP contribution in [0.15, 0.2) is 0 Å². The van der Waals surface area contributed by atoms with Crippen molar-refractivity contribution in [2.75, 3.05) is 0 Å². The quantitative estimate of drug-likeness (QED) is 0.593. The molecule has 4 heteroatoms. The maximum atomic E-state index is 0. The molecule has 0 aromatic heterocycles. The van der Waals surface area contributed by atoms with Crippen molar-refractivity contribution in [1.29, 1.82) is 0 Å². The van der Waals surface area contributed by atoms with E-state index in [4.69, 9.17) is 0 Å². The normalized spacial score (nSPS) is 0. The summed E-state index contributed by atoms with van der Waals surface area (Å²) in [7, 11) is 0. The van der Waals surface area contributed by atoms with Gasteiger partial charge in [-0.15, -0.1) is 0 Å². The maximum absolute atomic E-state index is 0. The first-order valence-corrected chi connectivity index (χ1v) is 0. The molecule has 4 heavy (non-hydrogen) atoms. The Morgan fingerprint density at radius 1 is 0.750 bits per heavy atom. The fourth-order valence-electron chi connectivity index (χ4n) is 0. The second-order valence-corrected chi connectivity index (χ2v) is 0. The van der Waals surface area contributed by atoms with Gasteiger partial charge >= 0.3 is 83.0 Å². The molecule has 0 amide bonds. The molecule has 0 N–H and O–H groups in total. The minimum atomic E-state index is 0. The van der Waals surface area contributed by atoms with Crippen LogP contribution in [-0.4, -0.2) is 0 Å². The fraction of sp³-hybridized carbons (Fsp3) is 0. The monoisotopic (exact) mass is 313 g/mol. The molecule has 0 atom stereocenters. The van der Waals surface area contributed by atoms with Gasteiger partial charge in [0.2, 0.25) is 0 Å². The second-order valence-electron chi connectivity index (χ2n) is 0. The zero-order valence-electron chi connectivity index (χ0n) is 1.89. The minimum absolute atomic E-state index is 0. The van der Waals surface area contributed by atoms with Crippen molar-refractivity contribution in [3.63, 3.8) is 0 Å². The number of rotatable bonds is 0. The Labute approximate surface area is 91.7 Å². The molecule has 2 nitrogen and oxygen atoms in total. The fourth-order valence-corrected chi connectivity index (χ4v) is 0. The zero-order valence-corrected chi connectivity index (χ0v) is 8.74. The Balaban J connectivity index is 0. The van der Waals surface area contributed by atoms with Crippen LogP contribution in [-0.2, 0) is 11.0 Å². The van der Waals surface area contributed by atoms with E-state index >= 15 is 0 Å². The van der Waals surface area contributed by atoms with Crippen molar-refractivity contribution < 1.29 is 94.0 Å². The predicted octanol–water partition coefficient (Wildman–Crippen LogP) is -0.238. The second kappa shape index (κ2) is 17.4. The van der Waals surface area contributed by atoms with E-state index in [0.717, 1.165) is 0 Å². The van der Waals surface area contributed by atoms with Gasteiger partial charge in [0.15, 0.2) is 0 Å². The molecule has 17 valence electrons. The Morgan fingerprint density at radius 2 is 0.750 bits per heavy atom. The molecule has 0 aliphatic rings. The summed E-state index contributed by atoms with van der Waals surface area (Å²) < 4.78 is 0. The van der Waals surface area contributed by atoms with Crippen molar-refractivity contribution in [3.05, 3.63) is 0 Å². The molecule has 0 aromatic carbocycles. The first kappa shape index (κ1) is 30.2. The average Bonchev–Trinajstić information content (AvgIpc) is 0. The van der Waals surface area contributed by atoms with Crippen molar-refractivity contribution in [2.45, 2.75) is 0 Å². The van der Waals surface area contributed by atoms with Gasteiger partial charge in [-0.2, -0.15) is 0 Å². The van der Waals surface area contributed by atoms with Crippen LogP contribution in [0.4, 0.5) is 0 Å². The van der Waals surface area contributed by atoms with Crippen LogP contribution in [0.1, 0.15) is 0 Å². The standard InChI is InChI=1S/Ce.2O.Pr/q+3;2*-2;+3. The van der Waals surface area contributed by atoms with E-state index in [1.54, 1.807) is 0 Å². The SMILES string of the molecule is [Ce+3].[O-2].[O-2].[Pr+3]. The largest absolute Gasteiger partial charge is 3.00 e. The van der Waals surface area contributed by atoms with Crippen LogP contribution in [0.25, 0.3) is 0 Å². The van der Waals surface area contributed by atoms with Crippen molar-refractivity contribution in [1.82, 2.24) is 0 Å². The van der Waals surface area contributed by atoms with Crippen LogP contribution in [0.5, 0.6) is 0 Å². The van der Waals surface area contributed by atoms with E-state index in [9.17, 15) is 0 Å². The van der Waals surface area contributed by atoms with Gasteiger partial charge in [-0.25, -0.2) is 0 Å². The number of hydrogen-bond donors (Lipinski definition) is 0. The molecule has 0 aliphatic heterocycles. The summed E-state index contributed by atoms with van der Waals surface area (Å²) in [5.41, 5.74) is 0. The van der Waals surface area contributed by atoms with Crippen LogP contribution in [0.3, 0.4) is 0 Å². The van der Waals surface area contributed by atoms with E-state index in [2.05, 4.69) is 0 Å². The summed E-state index contributed by atoms with van der Waals surface area (Å²) in [4.78, 5) is 0. The minimum Gasteiger partial charge on any atom is -2.00 e. The van der Waals surface area contributed by atoms with Gasteiger partial charge in [0.25, 0.3) is 0 Å². The Hall–Kier alpha value is 2.66. The van der Waals surface area contributed by atoms with Crippen molar-refractivity contribution >= 4 is 0 Å². The number of hydrogen-bond acceptors (Lipinski definition) is 0. The van der Waals surface area contributed by atoms with Crippen LogP contribution in [0, 0.1) is 83.0 Å². The average molecular weight is 313 g/mol. The van der Waals surface area contributed by atoms with Crippen molar-refractivity contribution in [3.8, 4) is 0 Å². The zero-order chi connectivity index (χ0) is 0. The van der Waals surface area contributed by atoms with Gasteiger partial charge in [-0.05, 0) is 0 Å². The smallest absolute Gasteiger partial charge is 2.00 e. The van der Waals surface area contributed by atoms with Gasteiger partial charge in [0.05, 0.1) is 0 Å². The molecule has 0 bridgehead atoms. The third kappa shape index (κ3) is 8.82. The summed E-state index contributed by atoms with van der Waals surface area (Å²) in [5, 5.41) is 0. The van der Waals surface area contributed by atoms with Gasteiger partial charge < -0.3 is 11.0 Å². The first-order valence-electron chi connectivity index (χ1n) is 0. The summed E-state index contributed by atoms with van der Waals surface area (Å²) in [5.74, 6) is 0. The summed E-state index contributed by atoms with van der Waals surface area (Å²) in [6.45, 7) is 0. The molecule has 0 unspecified atom stereocenters. The van der Waals surface area contributed by atoms with E-state index < -0.39 is 0 Å². The summed E-state index contributed by atoms with van der Waals surface area (Å²) >= 11 is 0. The Morgan fingerprint density at radius 3 is 0.750 bits per heavy atom. The van der Waals surface area contributed by atoms with Crippen LogP contribution in [0.2, 0.25) is 0 Å². The van der Waals surface area contributed by atoms with Gasteiger partial charge in [-0.1, -0.05) is 0 Å². The third-order valence-electron chi connectivity index (χ3n) is 0. The molecule has 0 fully saturated rings. The third-order valence-corrected chi connectivity index (χ3v) is 0. The molecule has 0 heterocycles.